The van der Waals surface area contributed by atoms with Gasteiger partial charge >= 0.3 is 11.9 Å². The van der Waals surface area contributed by atoms with Gasteiger partial charge in [0.05, 0.1) is 0 Å². The Labute approximate surface area is 177 Å². The Hall–Kier alpha value is -3.20. The number of fused-ring (bicyclic) bond motifs is 1. The first-order valence-electron chi connectivity index (χ1n) is 8.31. The Morgan fingerprint density at radius 1 is 1.40 bits per heavy atom. The van der Waals surface area contributed by atoms with Gasteiger partial charge in [0, 0.05) is 17.3 Å². The molecule has 0 bridgehead atoms. The summed E-state index contributed by atoms with van der Waals surface area (Å²) in [7, 11) is 0. The number of nitrogen functional groups attached to an aromatic ring is 1. The van der Waals surface area contributed by atoms with Crippen molar-refractivity contribution in [3.63, 3.8) is 0 Å². The summed E-state index contributed by atoms with van der Waals surface area (Å²) in [6.07, 6.45) is 1.41. The Morgan fingerprint density at radius 3 is 2.67 bits per heavy atom. The third-order valence-corrected chi connectivity index (χ3v) is 5.83. The number of oxime groups is 1. The van der Waals surface area contributed by atoms with Crippen molar-refractivity contribution in [1.82, 2.24) is 19.6 Å². The average molecular weight is 456 g/mol. The van der Waals surface area contributed by atoms with E-state index in [1.165, 1.54) is 31.7 Å². The summed E-state index contributed by atoms with van der Waals surface area (Å²) < 4.78 is 3.87. The third-order valence-electron chi connectivity index (χ3n) is 4.10. The third kappa shape index (κ3) is 3.93. The Balaban J connectivity index is 1.81. The van der Waals surface area contributed by atoms with Crippen molar-refractivity contribution in [2.75, 3.05) is 11.5 Å². The van der Waals surface area contributed by atoms with Crippen LogP contribution in [0.4, 0.5) is 5.13 Å². The Bertz CT molecular complexity index is 988. The molecule has 0 radical (unpaired) electrons. The summed E-state index contributed by atoms with van der Waals surface area (Å²) >= 11 is 2.06. The van der Waals surface area contributed by atoms with E-state index in [0.717, 1.165) is 16.4 Å². The number of thioether (sulfide) groups is 1. The number of nitrogens with one attached hydrogen (secondary N) is 1. The molecule has 3 heterocycles. The fourth-order valence-electron chi connectivity index (χ4n) is 2.46. The van der Waals surface area contributed by atoms with E-state index in [-0.39, 0.29) is 16.7 Å². The monoisotopic (exact) mass is 456 g/mol. The number of nitrogens with two attached hydrogens (primary N) is 1. The van der Waals surface area contributed by atoms with Crippen LogP contribution < -0.4 is 11.1 Å². The van der Waals surface area contributed by atoms with Gasteiger partial charge in [-0.15, -0.1) is 11.8 Å². The molecule has 2 atom stereocenters. The van der Waals surface area contributed by atoms with Gasteiger partial charge in [-0.2, -0.15) is 9.36 Å². The molecule has 2 amide bonds. The first-order chi connectivity index (χ1) is 14.0. The van der Waals surface area contributed by atoms with E-state index in [1.54, 1.807) is 0 Å². The maximum atomic E-state index is 12.8. The van der Waals surface area contributed by atoms with Crippen LogP contribution in [0.25, 0.3) is 0 Å². The molecule has 15 heteroatoms. The van der Waals surface area contributed by atoms with E-state index >= 15 is 0 Å². The zero-order valence-corrected chi connectivity index (χ0v) is 17.2. The minimum absolute atomic E-state index is 0.0352. The zero-order valence-electron chi connectivity index (χ0n) is 15.6. The van der Waals surface area contributed by atoms with Gasteiger partial charge in [-0.1, -0.05) is 5.16 Å². The maximum Gasteiger partial charge on any atom is 0.352 e. The van der Waals surface area contributed by atoms with Crippen LogP contribution in [0.2, 0.25) is 0 Å². The number of hydrogen-bond acceptors (Lipinski definition) is 11. The molecule has 1 fully saturated rings. The molecule has 0 aliphatic carbocycles. The summed E-state index contributed by atoms with van der Waals surface area (Å²) in [4.78, 5) is 57.6. The molecule has 0 spiro atoms. The lowest BCUT2D eigenvalue weighted by Gasteiger charge is -2.48. The predicted octanol–water partition coefficient (Wildman–Crippen LogP) is -0.927. The van der Waals surface area contributed by atoms with Crippen LogP contribution in [0.1, 0.15) is 19.7 Å². The highest BCUT2D eigenvalue weighted by Crippen LogP contribution is 2.37. The Kier molecular flexibility index (Phi) is 5.67. The van der Waals surface area contributed by atoms with Crippen LogP contribution in [-0.2, 0) is 24.0 Å². The van der Waals surface area contributed by atoms with Gasteiger partial charge in [0.15, 0.2) is 5.13 Å². The number of hydrogen-bond donors (Lipinski definition) is 4. The first-order valence-corrected chi connectivity index (χ1v) is 10.1. The van der Waals surface area contributed by atoms with Crippen molar-refractivity contribution in [2.45, 2.75) is 30.9 Å². The van der Waals surface area contributed by atoms with Crippen molar-refractivity contribution in [3.8, 4) is 0 Å². The number of aromatic nitrogens is 2. The molecule has 160 valence electrons. The highest BCUT2D eigenvalue weighted by atomic mass is 32.2. The number of anilines is 1. The molecule has 3 rings (SSSR count). The van der Waals surface area contributed by atoms with E-state index in [0.29, 0.717) is 5.75 Å². The topological polar surface area (TPSA) is 197 Å². The van der Waals surface area contributed by atoms with Crippen molar-refractivity contribution < 1.29 is 34.2 Å². The molecule has 1 saturated heterocycles. The van der Waals surface area contributed by atoms with Crippen LogP contribution in [0, 0.1) is 0 Å². The highest BCUT2D eigenvalue weighted by Gasteiger charge is 2.53. The molecular weight excluding hydrogens is 440 g/mol. The van der Waals surface area contributed by atoms with Crippen LogP contribution >= 0.6 is 23.3 Å². The number of aliphatic carboxylic acids is 2. The molecule has 1 aromatic heterocycles. The van der Waals surface area contributed by atoms with Crippen molar-refractivity contribution in [2.24, 2.45) is 5.16 Å². The minimum atomic E-state index is -1.75. The predicted molar refractivity (Wildman–Crippen MR) is 104 cm³/mol. The van der Waals surface area contributed by atoms with Gasteiger partial charge in [0.1, 0.15) is 17.1 Å². The van der Waals surface area contributed by atoms with E-state index in [1.807, 2.05) is 0 Å². The highest BCUT2D eigenvalue weighted by molar-refractivity contribution is 8.00. The number of carboxylic acids is 2. The second-order valence-corrected chi connectivity index (χ2v) is 8.51. The van der Waals surface area contributed by atoms with Gasteiger partial charge < -0.3 is 26.1 Å². The smallest absolute Gasteiger partial charge is 0.352 e. The molecule has 2 aliphatic rings. The molecule has 30 heavy (non-hydrogen) atoms. The number of carboxylic acid groups (broad SMARTS) is 2. The fourth-order valence-corrected chi connectivity index (χ4v) is 4.09. The maximum absolute atomic E-state index is 12.8. The van der Waals surface area contributed by atoms with Crippen LogP contribution in [0.5, 0.6) is 0 Å². The summed E-state index contributed by atoms with van der Waals surface area (Å²) in [5, 5.41) is 23.8. The van der Waals surface area contributed by atoms with E-state index in [4.69, 9.17) is 15.7 Å². The largest absolute Gasteiger partial charge is 0.478 e. The summed E-state index contributed by atoms with van der Waals surface area (Å²) in [5.41, 5.74) is 3.16. The summed E-state index contributed by atoms with van der Waals surface area (Å²) in [6, 6.07) is -1.01. The van der Waals surface area contributed by atoms with E-state index in [9.17, 15) is 24.3 Å². The van der Waals surface area contributed by atoms with E-state index in [2.05, 4.69) is 19.8 Å². The summed E-state index contributed by atoms with van der Waals surface area (Å²) in [5.74, 6) is -3.93. The number of carbonyl (C=O) groups excluding carboxylic acids is 2. The minimum Gasteiger partial charge on any atom is -0.478 e. The van der Waals surface area contributed by atoms with Crippen molar-refractivity contribution in [3.05, 3.63) is 17.6 Å². The molecular formula is C15H16N6O7S2. The van der Waals surface area contributed by atoms with E-state index < -0.39 is 46.5 Å². The van der Waals surface area contributed by atoms with Crippen LogP contribution in [-0.4, -0.2) is 76.7 Å². The molecule has 0 saturated carbocycles. The molecule has 1 aromatic rings. The normalized spacial score (nSPS) is 21.3. The zero-order chi connectivity index (χ0) is 22.2. The Morgan fingerprint density at radius 2 is 2.10 bits per heavy atom. The van der Waals surface area contributed by atoms with Crippen molar-refractivity contribution >= 4 is 57.9 Å². The molecule has 2 aliphatic heterocycles. The molecule has 1 unspecified atom stereocenters. The lowest BCUT2D eigenvalue weighted by Crippen LogP contribution is -2.70. The summed E-state index contributed by atoms with van der Waals surface area (Å²) in [6.45, 7) is 2.45. The van der Waals surface area contributed by atoms with Gasteiger partial charge in [0.2, 0.25) is 17.1 Å². The standard InChI is InChI=1S/C15H16N6O7S2/c1-15(2,13(26)27)28-19-6(8-18-14(16)30-20-8)9(22)17-7-10(23)21-5(12(24)25)3-4-29-11(7)21/h3,7,11H,4H2,1-2H3,(H,17,22)(H,24,25)(H,26,27)(H2,16,18,20)/b19-6+/t7?,11-/m1/s1. The van der Waals surface area contributed by atoms with Gasteiger partial charge in [-0.25, -0.2) is 9.59 Å². The number of β-lactam (4-membered cyclic amide) rings is 1. The van der Waals surface area contributed by atoms with Gasteiger partial charge in [-0.3, -0.25) is 14.5 Å². The average Bonchev–Trinajstić information content (AvgIpc) is 3.11. The SMILES string of the molecule is CC(C)(O/N=C(/C(=O)NC1C(=O)N2C(C(=O)O)=CCS[C@H]12)c1nsc(N)n1)C(=O)O. The van der Waals surface area contributed by atoms with Crippen LogP contribution in [0.3, 0.4) is 0 Å². The fraction of sp³-hybridized carbons (Fsp3) is 0.400. The lowest BCUT2D eigenvalue weighted by molar-refractivity contribution is -0.161. The molecule has 13 nitrogen and oxygen atoms in total. The molecule has 0 aromatic carbocycles. The van der Waals surface area contributed by atoms with Gasteiger partial charge in [-0.05, 0) is 19.9 Å². The lowest BCUT2D eigenvalue weighted by atomic mass is 10.0. The quantitative estimate of drug-likeness (QED) is 0.225. The van der Waals surface area contributed by atoms with Crippen molar-refractivity contribution in [1.29, 1.82) is 0 Å². The second kappa shape index (κ2) is 7.91. The number of amides is 2. The number of nitrogens with zero attached hydrogens (tertiary/aromatic N) is 4. The number of carbonyl (C=O) groups is 4. The van der Waals surface area contributed by atoms with Gasteiger partial charge in [0.25, 0.3) is 11.8 Å². The number of rotatable bonds is 7. The van der Waals surface area contributed by atoms with Crippen LogP contribution in [0.15, 0.2) is 16.9 Å². The second-order valence-electron chi connectivity index (χ2n) is 6.58. The first kappa shape index (κ1) is 21.5. The molecule has 5 N–H and O–H groups in total.